The van der Waals surface area contributed by atoms with E-state index in [9.17, 15) is 4.79 Å². The predicted octanol–water partition coefficient (Wildman–Crippen LogP) is 2.97. The lowest BCUT2D eigenvalue weighted by Gasteiger charge is -2.28. The third-order valence-corrected chi connectivity index (χ3v) is 4.74. The number of nitrogens with one attached hydrogen (secondary N) is 1. The van der Waals surface area contributed by atoms with Gasteiger partial charge in [0.2, 0.25) is 0 Å². The molecule has 0 amide bonds. The Kier molecular flexibility index (Phi) is 6.13. The number of likely N-dealkylation sites (tertiary alicyclic amines) is 1. The summed E-state index contributed by atoms with van der Waals surface area (Å²) in [4.78, 5) is 14.4. The maximum absolute atomic E-state index is 11.2. The van der Waals surface area contributed by atoms with Crippen molar-refractivity contribution in [3.05, 3.63) is 29.3 Å². The smallest absolute Gasteiger partial charge is 0.168 e. The molecule has 1 aliphatic rings. The molecule has 1 heterocycles. The molecule has 1 aromatic carbocycles. The molecule has 3 nitrogen and oxygen atoms in total. The lowest BCUT2D eigenvalue weighted by Crippen LogP contribution is -2.44. The average molecular weight is 329 g/mol. The second-order valence-corrected chi connectivity index (χ2v) is 6.55. The highest BCUT2D eigenvalue weighted by Crippen LogP contribution is 2.19. The molecule has 2 rings (SSSR count). The first-order valence-electron chi connectivity index (χ1n) is 6.58. The van der Waals surface area contributed by atoms with Crippen molar-refractivity contribution < 1.29 is 4.79 Å². The minimum Gasteiger partial charge on any atom is -0.362 e. The fraction of sp³-hybridized carbons (Fsp3) is 0.429. The molecule has 1 aliphatic heterocycles. The topological polar surface area (TPSA) is 32.3 Å². The number of ketones is 1. The Balaban J connectivity index is 1.64. The predicted molar refractivity (Wildman–Crippen MR) is 88.6 cm³/mol. The van der Waals surface area contributed by atoms with E-state index in [1.54, 1.807) is 11.8 Å². The quantitative estimate of drug-likeness (QED) is 0.522. The van der Waals surface area contributed by atoms with E-state index in [-0.39, 0.29) is 0 Å². The Bertz CT molecular complexity index is 469. The van der Waals surface area contributed by atoms with Crippen LogP contribution in [-0.4, -0.2) is 41.2 Å². The van der Waals surface area contributed by atoms with E-state index in [0.717, 1.165) is 35.5 Å². The number of Topliss-reactive ketones (excluding diaryl/α,β-unsaturated/α-hetero) is 1. The van der Waals surface area contributed by atoms with Crippen LogP contribution >= 0.6 is 35.6 Å². The molecule has 6 heteroatoms. The molecule has 0 aliphatic carbocycles. The number of carbonyl (C=O) groups excluding carboxylic acids is 1. The SMILES string of the molecule is O=C1CCN(C(=S)NCCSc2ccc(Cl)cc2)CC1. The Hall–Kier alpha value is -0.780. The minimum atomic E-state index is 0.336. The van der Waals surface area contributed by atoms with Gasteiger partial charge in [0.15, 0.2) is 5.11 Å². The minimum absolute atomic E-state index is 0.336. The maximum atomic E-state index is 11.2. The lowest BCUT2D eigenvalue weighted by molar-refractivity contribution is -0.120. The number of rotatable bonds is 4. The van der Waals surface area contributed by atoms with Crippen molar-refractivity contribution in [2.75, 3.05) is 25.4 Å². The second kappa shape index (κ2) is 7.86. The number of carbonyl (C=O) groups is 1. The number of thiocarbonyl (C=S) groups is 1. The zero-order valence-corrected chi connectivity index (χ0v) is 13.5. The highest BCUT2D eigenvalue weighted by Gasteiger charge is 2.17. The summed E-state index contributed by atoms with van der Waals surface area (Å²) in [5.74, 6) is 1.27. The van der Waals surface area contributed by atoms with Crippen LogP contribution in [0.5, 0.6) is 0 Å². The number of nitrogens with zero attached hydrogens (tertiary/aromatic N) is 1. The van der Waals surface area contributed by atoms with Gasteiger partial charge in [-0.15, -0.1) is 11.8 Å². The van der Waals surface area contributed by atoms with E-state index < -0.39 is 0 Å². The molecule has 108 valence electrons. The summed E-state index contributed by atoms with van der Waals surface area (Å²) in [5.41, 5.74) is 0. The fourth-order valence-electron chi connectivity index (χ4n) is 1.93. The van der Waals surface area contributed by atoms with Gasteiger partial charge in [-0.2, -0.15) is 0 Å². The van der Waals surface area contributed by atoms with Gasteiger partial charge >= 0.3 is 0 Å². The van der Waals surface area contributed by atoms with Gasteiger partial charge in [0.05, 0.1) is 0 Å². The zero-order valence-electron chi connectivity index (χ0n) is 11.1. The molecule has 0 aromatic heterocycles. The standard InChI is InChI=1S/C14H17ClN2OS2/c15-11-1-3-13(4-2-11)20-10-7-16-14(19)17-8-5-12(18)6-9-17/h1-4H,5-10H2,(H,16,19). The van der Waals surface area contributed by atoms with E-state index in [0.29, 0.717) is 18.6 Å². The number of hydrogen-bond donors (Lipinski definition) is 1. The maximum Gasteiger partial charge on any atom is 0.168 e. The molecule has 0 bridgehead atoms. The third kappa shape index (κ3) is 4.96. The van der Waals surface area contributed by atoms with Crippen LogP contribution in [0, 0.1) is 0 Å². The van der Waals surface area contributed by atoms with Crippen LogP contribution in [0.2, 0.25) is 5.02 Å². The van der Waals surface area contributed by atoms with Crippen LogP contribution in [0.25, 0.3) is 0 Å². The molecule has 1 N–H and O–H groups in total. The molecular weight excluding hydrogens is 312 g/mol. The van der Waals surface area contributed by atoms with Crippen LogP contribution < -0.4 is 5.32 Å². The van der Waals surface area contributed by atoms with Crippen molar-refractivity contribution in [3.8, 4) is 0 Å². The molecule has 0 atom stereocenters. The van der Waals surface area contributed by atoms with Crippen molar-refractivity contribution in [1.29, 1.82) is 0 Å². The molecule has 1 saturated heterocycles. The normalized spacial score (nSPS) is 15.2. The van der Waals surface area contributed by atoms with Crippen molar-refractivity contribution in [3.63, 3.8) is 0 Å². The summed E-state index contributed by atoms with van der Waals surface area (Å²) < 4.78 is 0. The Morgan fingerprint density at radius 3 is 2.60 bits per heavy atom. The van der Waals surface area contributed by atoms with E-state index in [1.165, 1.54) is 4.90 Å². The molecule has 0 saturated carbocycles. The second-order valence-electron chi connectivity index (χ2n) is 4.56. The molecular formula is C14H17ClN2OS2. The number of hydrogen-bond acceptors (Lipinski definition) is 3. The van der Waals surface area contributed by atoms with E-state index in [4.69, 9.17) is 23.8 Å². The van der Waals surface area contributed by atoms with Gasteiger partial charge in [0.25, 0.3) is 0 Å². The summed E-state index contributed by atoms with van der Waals surface area (Å²) >= 11 is 12.9. The van der Waals surface area contributed by atoms with Crippen LogP contribution in [0.15, 0.2) is 29.2 Å². The monoisotopic (exact) mass is 328 g/mol. The molecule has 1 fully saturated rings. The van der Waals surface area contributed by atoms with Crippen molar-refractivity contribution in [2.24, 2.45) is 0 Å². The molecule has 20 heavy (non-hydrogen) atoms. The first-order valence-corrected chi connectivity index (χ1v) is 8.35. The first-order chi connectivity index (χ1) is 9.65. The van der Waals surface area contributed by atoms with Crippen molar-refractivity contribution >= 4 is 46.5 Å². The summed E-state index contributed by atoms with van der Waals surface area (Å²) in [6.45, 7) is 2.31. The number of halogens is 1. The highest BCUT2D eigenvalue weighted by molar-refractivity contribution is 7.99. The van der Waals surface area contributed by atoms with Crippen LogP contribution in [0.1, 0.15) is 12.8 Å². The van der Waals surface area contributed by atoms with E-state index in [1.807, 2.05) is 24.3 Å². The van der Waals surface area contributed by atoms with Crippen molar-refractivity contribution in [2.45, 2.75) is 17.7 Å². The van der Waals surface area contributed by atoms with Crippen LogP contribution in [-0.2, 0) is 4.79 Å². The van der Waals surface area contributed by atoms with Gasteiger partial charge in [-0.25, -0.2) is 0 Å². The van der Waals surface area contributed by atoms with Crippen molar-refractivity contribution in [1.82, 2.24) is 10.2 Å². The molecule has 0 unspecified atom stereocenters. The Morgan fingerprint density at radius 1 is 1.30 bits per heavy atom. The summed E-state index contributed by atoms with van der Waals surface area (Å²) in [7, 11) is 0. The number of benzene rings is 1. The fourth-order valence-corrected chi connectivity index (χ4v) is 3.11. The summed E-state index contributed by atoms with van der Waals surface area (Å²) in [6.07, 6.45) is 1.22. The zero-order chi connectivity index (χ0) is 14.4. The van der Waals surface area contributed by atoms with Crippen LogP contribution in [0.3, 0.4) is 0 Å². The number of thioether (sulfide) groups is 1. The first kappa shape index (κ1) is 15.6. The summed E-state index contributed by atoms with van der Waals surface area (Å²) in [6, 6.07) is 7.82. The lowest BCUT2D eigenvalue weighted by atomic mass is 10.1. The largest absolute Gasteiger partial charge is 0.362 e. The van der Waals surface area contributed by atoms with Gasteiger partial charge in [-0.05, 0) is 36.5 Å². The van der Waals surface area contributed by atoms with Gasteiger partial charge < -0.3 is 10.2 Å². The average Bonchev–Trinajstić information content (AvgIpc) is 2.46. The third-order valence-electron chi connectivity index (χ3n) is 3.07. The molecule has 0 radical (unpaired) electrons. The highest BCUT2D eigenvalue weighted by atomic mass is 35.5. The van der Waals surface area contributed by atoms with E-state index in [2.05, 4.69) is 10.2 Å². The molecule has 0 spiro atoms. The number of piperidine rings is 1. The van der Waals surface area contributed by atoms with E-state index >= 15 is 0 Å². The Morgan fingerprint density at radius 2 is 1.95 bits per heavy atom. The summed E-state index contributed by atoms with van der Waals surface area (Å²) in [5, 5.41) is 4.76. The van der Waals surface area contributed by atoms with Gasteiger partial charge in [0, 0.05) is 48.1 Å². The van der Waals surface area contributed by atoms with Gasteiger partial charge in [-0.3, -0.25) is 4.79 Å². The van der Waals surface area contributed by atoms with Gasteiger partial charge in [0.1, 0.15) is 5.78 Å². The Labute approximate surface area is 134 Å². The van der Waals surface area contributed by atoms with Gasteiger partial charge in [-0.1, -0.05) is 11.6 Å². The van der Waals surface area contributed by atoms with Crippen LogP contribution in [0.4, 0.5) is 0 Å². The molecule has 1 aromatic rings.